The lowest BCUT2D eigenvalue weighted by Gasteiger charge is -2.10. The SMILES string of the molecule is CC1=C(O)/C(=C/C(C)CCCC(C)/C=C/C=C(\C)CCCc2ccoc2)OC1=O. The molecule has 158 valence electrons. The molecule has 1 aliphatic heterocycles. The summed E-state index contributed by atoms with van der Waals surface area (Å²) in [6, 6.07) is 2.03. The summed E-state index contributed by atoms with van der Waals surface area (Å²) in [5.74, 6) is 0.597. The standard InChI is InChI=1S/C25H34O4/c1-18(8-5-9-19(2)11-7-13-22-14-15-28-17-22)10-6-12-20(3)16-23-24(26)21(4)25(27)29-23/h5,8-9,14-18,20,26H,6-7,10-13H2,1-4H3/b8-5+,19-9+,23-16-. The van der Waals surface area contributed by atoms with E-state index in [1.54, 1.807) is 13.2 Å². The van der Waals surface area contributed by atoms with Crippen LogP contribution in [0.4, 0.5) is 0 Å². The van der Waals surface area contributed by atoms with Crippen molar-refractivity contribution in [1.29, 1.82) is 0 Å². The van der Waals surface area contributed by atoms with Gasteiger partial charge in [0.2, 0.25) is 0 Å². The van der Waals surface area contributed by atoms with Gasteiger partial charge in [-0.15, -0.1) is 0 Å². The molecule has 1 aromatic rings. The molecule has 1 aromatic heterocycles. The number of rotatable bonds is 11. The zero-order valence-corrected chi connectivity index (χ0v) is 18.1. The maximum absolute atomic E-state index is 11.4. The van der Waals surface area contributed by atoms with Crippen molar-refractivity contribution in [2.75, 3.05) is 0 Å². The summed E-state index contributed by atoms with van der Waals surface area (Å²) in [5.41, 5.74) is 2.94. The van der Waals surface area contributed by atoms with E-state index in [0.29, 0.717) is 11.7 Å². The van der Waals surface area contributed by atoms with Crippen LogP contribution in [0.2, 0.25) is 0 Å². The Hall–Kier alpha value is -2.49. The number of furan rings is 1. The highest BCUT2D eigenvalue weighted by Gasteiger charge is 2.26. The van der Waals surface area contributed by atoms with Crippen LogP contribution in [0.1, 0.15) is 65.4 Å². The highest BCUT2D eigenvalue weighted by molar-refractivity contribution is 5.93. The van der Waals surface area contributed by atoms with E-state index in [1.165, 1.54) is 11.1 Å². The molecule has 0 fully saturated rings. The van der Waals surface area contributed by atoms with E-state index in [4.69, 9.17) is 9.15 Å². The van der Waals surface area contributed by atoms with Crippen LogP contribution in [0.5, 0.6) is 0 Å². The van der Waals surface area contributed by atoms with Crippen LogP contribution in [0.3, 0.4) is 0 Å². The van der Waals surface area contributed by atoms with Crippen molar-refractivity contribution in [3.05, 3.63) is 71.1 Å². The Labute approximate surface area is 174 Å². The normalized spacial score (nSPS) is 18.7. The summed E-state index contributed by atoms with van der Waals surface area (Å²) in [6.45, 7) is 8.07. The molecule has 4 nitrogen and oxygen atoms in total. The third kappa shape index (κ3) is 7.80. The Balaban J connectivity index is 1.64. The number of aryl methyl sites for hydroxylation is 1. The van der Waals surface area contributed by atoms with Gasteiger partial charge < -0.3 is 14.3 Å². The van der Waals surface area contributed by atoms with E-state index in [-0.39, 0.29) is 17.3 Å². The lowest BCUT2D eigenvalue weighted by Crippen LogP contribution is -1.98. The number of hydrogen-bond acceptors (Lipinski definition) is 4. The fourth-order valence-electron chi connectivity index (χ4n) is 3.32. The lowest BCUT2D eigenvalue weighted by atomic mass is 9.97. The Morgan fingerprint density at radius 2 is 1.97 bits per heavy atom. The number of ether oxygens (including phenoxy) is 1. The Morgan fingerprint density at radius 3 is 2.62 bits per heavy atom. The molecule has 0 aromatic carbocycles. The first-order chi connectivity index (χ1) is 13.9. The first kappa shape index (κ1) is 22.8. The van der Waals surface area contributed by atoms with Gasteiger partial charge in [-0.2, -0.15) is 0 Å². The second-order valence-corrected chi connectivity index (χ2v) is 8.16. The third-order valence-corrected chi connectivity index (χ3v) is 5.29. The minimum atomic E-state index is -0.454. The molecule has 29 heavy (non-hydrogen) atoms. The van der Waals surface area contributed by atoms with Gasteiger partial charge in [-0.25, -0.2) is 4.79 Å². The highest BCUT2D eigenvalue weighted by atomic mass is 16.6. The van der Waals surface area contributed by atoms with Crippen LogP contribution in [-0.2, 0) is 16.0 Å². The van der Waals surface area contributed by atoms with Gasteiger partial charge in [-0.3, -0.25) is 0 Å². The molecule has 2 rings (SSSR count). The molecule has 0 aliphatic carbocycles. The summed E-state index contributed by atoms with van der Waals surface area (Å²) in [6.07, 6.45) is 18.5. The number of allylic oxidation sites excluding steroid dienone is 5. The van der Waals surface area contributed by atoms with Gasteiger partial charge in [-0.1, -0.05) is 44.1 Å². The van der Waals surface area contributed by atoms with Gasteiger partial charge in [0.15, 0.2) is 11.5 Å². The average molecular weight is 399 g/mol. The molecule has 0 saturated carbocycles. The van der Waals surface area contributed by atoms with Gasteiger partial charge in [0.1, 0.15) is 0 Å². The minimum Gasteiger partial charge on any atom is -0.504 e. The number of cyclic esters (lactones) is 1. The summed E-state index contributed by atoms with van der Waals surface area (Å²) < 4.78 is 10.2. The predicted octanol–water partition coefficient (Wildman–Crippen LogP) is 6.82. The largest absolute Gasteiger partial charge is 0.504 e. The zero-order chi connectivity index (χ0) is 21.2. The van der Waals surface area contributed by atoms with Crippen LogP contribution >= 0.6 is 0 Å². The molecule has 1 aliphatic rings. The molecule has 4 heteroatoms. The van der Waals surface area contributed by atoms with E-state index in [1.807, 2.05) is 18.4 Å². The first-order valence-corrected chi connectivity index (χ1v) is 10.6. The van der Waals surface area contributed by atoms with Crippen LogP contribution < -0.4 is 0 Å². The van der Waals surface area contributed by atoms with Crippen LogP contribution in [-0.4, -0.2) is 11.1 Å². The molecule has 2 heterocycles. The number of carbonyl (C=O) groups is 1. The summed E-state index contributed by atoms with van der Waals surface area (Å²) in [4.78, 5) is 11.4. The van der Waals surface area contributed by atoms with Gasteiger partial charge in [0.05, 0.1) is 18.1 Å². The lowest BCUT2D eigenvalue weighted by molar-refractivity contribution is -0.133. The van der Waals surface area contributed by atoms with Crippen LogP contribution in [0, 0.1) is 11.8 Å². The monoisotopic (exact) mass is 398 g/mol. The summed E-state index contributed by atoms with van der Waals surface area (Å²) in [7, 11) is 0. The second kappa shape index (κ2) is 11.5. The molecule has 0 bridgehead atoms. The zero-order valence-electron chi connectivity index (χ0n) is 18.1. The molecule has 0 saturated heterocycles. The number of hydrogen-bond donors (Lipinski definition) is 1. The Morgan fingerprint density at radius 1 is 1.21 bits per heavy atom. The van der Waals surface area contributed by atoms with Crippen molar-refractivity contribution in [2.45, 2.75) is 66.2 Å². The molecule has 1 N–H and O–H groups in total. The van der Waals surface area contributed by atoms with E-state index in [2.05, 4.69) is 39.0 Å². The van der Waals surface area contributed by atoms with Crippen molar-refractivity contribution < 1.29 is 19.1 Å². The second-order valence-electron chi connectivity index (χ2n) is 8.16. The van der Waals surface area contributed by atoms with Crippen molar-refractivity contribution in [3.8, 4) is 0 Å². The van der Waals surface area contributed by atoms with Gasteiger partial charge in [0, 0.05) is 0 Å². The number of aliphatic hydroxyl groups excluding tert-OH is 1. The van der Waals surface area contributed by atoms with E-state index in [0.717, 1.165) is 38.5 Å². The third-order valence-electron chi connectivity index (χ3n) is 5.29. The maximum atomic E-state index is 11.4. The van der Waals surface area contributed by atoms with Crippen LogP contribution in [0.15, 0.2) is 70.0 Å². The van der Waals surface area contributed by atoms with E-state index < -0.39 is 5.97 Å². The first-order valence-electron chi connectivity index (χ1n) is 10.6. The fraction of sp³-hybridized carbons (Fsp3) is 0.480. The topological polar surface area (TPSA) is 59.7 Å². The Bertz CT molecular complexity index is 778. The van der Waals surface area contributed by atoms with Gasteiger partial charge in [0.25, 0.3) is 0 Å². The summed E-state index contributed by atoms with van der Waals surface area (Å²) in [5, 5.41) is 9.88. The van der Waals surface area contributed by atoms with Crippen molar-refractivity contribution >= 4 is 5.97 Å². The van der Waals surface area contributed by atoms with Crippen molar-refractivity contribution in [1.82, 2.24) is 0 Å². The number of esters is 1. The van der Waals surface area contributed by atoms with Crippen molar-refractivity contribution in [2.24, 2.45) is 11.8 Å². The molecular weight excluding hydrogens is 364 g/mol. The fourth-order valence-corrected chi connectivity index (χ4v) is 3.32. The van der Waals surface area contributed by atoms with Crippen molar-refractivity contribution in [3.63, 3.8) is 0 Å². The number of aliphatic hydroxyl groups is 1. The van der Waals surface area contributed by atoms with Crippen LogP contribution in [0.25, 0.3) is 0 Å². The average Bonchev–Trinajstić information content (AvgIpc) is 3.27. The molecule has 0 amide bonds. The van der Waals surface area contributed by atoms with Gasteiger partial charge >= 0.3 is 5.97 Å². The summed E-state index contributed by atoms with van der Waals surface area (Å²) >= 11 is 0. The van der Waals surface area contributed by atoms with Gasteiger partial charge in [-0.05, 0) is 75.5 Å². The molecular formula is C25H34O4. The molecule has 2 unspecified atom stereocenters. The molecule has 2 atom stereocenters. The molecule has 0 radical (unpaired) electrons. The minimum absolute atomic E-state index is 0.0231. The van der Waals surface area contributed by atoms with E-state index >= 15 is 0 Å². The molecule has 0 spiro atoms. The Kier molecular flexibility index (Phi) is 9.04. The predicted molar refractivity (Wildman–Crippen MR) is 116 cm³/mol. The number of carbonyl (C=O) groups excluding carboxylic acids is 1. The quantitative estimate of drug-likeness (QED) is 0.328. The smallest absolute Gasteiger partial charge is 0.343 e. The highest BCUT2D eigenvalue weighted by Crippen LogP contribution is 2.26. The maximum Gasteiger partial charge on any atom is 0.343 e. The van der Waals surface area contributed by atoms with E-state index in [9.17, 15) is 9.90 Å².